The van der Waals surface area contributed by atoms with Crippen molar-refractivity contribution in [3.63, 3.8) is 0 Å². The molecule has 0 N–H and O–H groups in total. The number of carbonyl (C=O) groups is 1. The van der Waals surface area contributed by atoms with E-state index >= 15 is 0 Å². The highest BCUT2D eigenvalue weighted by Crippen LogP contribution is 2.26. The first kappa shape index (κ1) is 18.5. The Morgan fingerprint density at radius 3 is 2.92 bits per heavy atom. The summed E-state index contributed by atoms with van der Waals surface area (Å²) in [4.78, 5) is 21.3. The number of aromatic nitrogens is 2. The second-order valence-electron chi connectivity index (χ2n) is 6.84. The number of likely N-dealkylation sites (tertiary alicyclic amines) is 1. The summed E-state index contributed by atoms with van der Waals surface area (Å²) in [6, 6.07) is 10.0. The molecule has 0 saturated carbocycles. The van der Waals surface area contributed by atoms with Crippen LogP contribution in [0.5, 0.6) is 0 Å². The third-order valence-electron chi connectivity index (χ3n) is 4.99. The highest BCUT2D eigenvalue weighted by Gasteiger charge is 2.27. The summed E-state index contributed by atoms with van der Waals surface area (Å²) in [5.74, 6) is 1.54. The molecule has 140 valence electrons. The van der Waals surface area contributed by atoms with Gasteiger partial charge in [-0.2, -0.15) is 0 Å². The molecule has 0 unspecified atom stereocenters. The van der Waals surface area contributed by atoms with Gasteiger partial charge in [0.05, 0.1) is 13.2 Å². The number of anilines is 1. The van der Waals surface area contributed by atoms with Gasteiger partial charge in [0.2, 0.25) is 5.91 Å². The zero-order valence-corrected chi connectivity index (χ0v) is 15.7. The predicted octanol–water partition coefficient (Wildman–Crippen LogP) is 2.37. The van der Waals surface area contributed by atoms with Crippen molar-refractivity contribution in [3.05, 3.63) is 48.5 Å². The molecule has 26 heavy (non-hydrogen) atoms. The molecule has 1 amide bonds. The highest BCUT2D eigenvalue weighted by molar-refractivity contribution is 5.81. The van der Waals surface area contributed by atoms with Gasteiger partial charge in [0.25, 0.3) is 0 Å². The zero-order chi connectivity index (χ0) is 18.4. The van der Waals surface area contributed by atoms with Crippen LogP contribution in [0.1, 0.15) is 24.6 Å². The second kappa shape index (κ2) is 8.85. The van der Waals surface area contributed by atoms with Crippen molar-refractivity contribution in [2.45, 2.75) is 25.3 Å². The summed E-state index contributed by atoms with van der Waals surface area (Å²) < 4.78 is 7.33. The van der Waals surface area contributed by atoms with Gasteiger partial charge in [-0.1, -0.05) is 18.2 Å². The van der Waals surface area contributed by atoms with Crippen LogP contribution in [-0.2, 0) is 16.1 Å². The minimum atomic E-state index is 0.177. The van der Waals surface area contributed by atoms with Gasteiger partial charge in [-0.3, -0.25) is 4.79 Å². The van der Waals surface area contributed by atoms with E-state index in [0.29, 0.717) is 19.1 Å². The van der Waals surface area contributed by atoms with Crippen LogP contribution in [0.25, 0.3) is 0 Å². The Balaban J connectivity index is 1.61. The maximum absolute atomic E-state index is 12.8. The fourth-order valence-corrected chi connectivity index (χ4v) is 3.55. The van der Waals surface area contributed by atoms with E-state index in [9.17, 15) is 4.79 Å². The highest BCUT2D eigenvalue weighted by atomic mass is 16.5. The van der Waals surface area contributed by atoms with E-state index in [0.717, 1.165) is 44.0 Å². The number of imidazole rings is 1. The molecule has 0 radical (unpaired) electrons. The van der Waals surface area contributed by atoms with E-state index in [1.165, 1.54) is 0 Å². The molecule has 1 saturated heterocycles. The summed E-state index contributed by atoms with van der Waals surface area (Å²) >= 11 is 0. The summed E-state index contributed by atoms with van der Waals surface area (Å²) in [5.41, 5.74) is 1.06. The number of piperidine rings is 1. The molecule has 0 bridgehead atoms. The topological polar surface area (TPSA) is 50.6 Å². The number of hydrogen-bond donors (Lipinski definition) is 0. The Labute approximate surface area is 155 Å². The summed E-state index contributed by atoms with van der Waals surface area (Å²) in [6.07, 6.45) is 5.93. The standard InChI is InChI=1S/C20H28N4O2/c1-22(18-8-4-3-5-9-18)16-19(25)24-11-6-7-17(15-24)20-21-10-12-23(20)13-14-26-2/h3-5,8-10,12,17H,6-7,11,13-16H2,1-2H3/t17-/m1/s1. The SMILES string of the molecule is COCCn1ccnc1[C@@H]1CCCN(C(=O)CN(C)c2ccccc2)C1. The van der Waals surface area contributed by atoms with Crippen molar-refractivity contribution in [1.82, 2.24) is 14.5 Å². The molecule has 1 fully saturated rings. The van der Waals surface area contributed by atoms with Crippen molar-refractivity contribution in [1.29, 1.82) is 0 Å². The van der Waals surface area contributed by atoms with Crippen LogP contribution >= 0.6 is 0 Å². The van der Waals surface area contributed by atoms with Crippen molar-refractivity contribution < 1.29 is 9.53 Å². The van der Waals surface area contributed by atoms with Gasteiger partial charge >= 0.3 is 0 Å². The van der Waals surface area contributed by atoms with E-state index in [4.69, 9.17) is 4.74 Å². The molecule has 1 aliphatic rings. The summed E-state index contributed by atoms with van der Waals surface area (Å²) in [5, 5.41) is 0. The number of likely N-dealkylation sites (N-methyl/N-ethyl adjacent to an activating group) is 1. The van der Waals surface area contributed by atoms with E-state index in [2.05, 4.69) is 9.55 Å². The lowest BCUT2D eigenvalue weighted by atomic mass is 9.97. The monoisotopic (exact) mass is 356 g/mol. The molecule has 0 spiro atoms. The number of para-hydroxylation sites is 1. The molecule has 2 heterocycles. The molecule has 1 aromatic carbocycles. The minimum Gasteiger partial charge on any atom is -0.383 e. The first-order chi connectivity index (χ1) is 12.7. The van der Waals surface area contributed by atoms with Gasteiger partial charge in [0.1, 0.15) is 5.82 Å². The number of rotatable bonds is 7. The molecular formula is C20H28N4O2. The maximum atomic E-state index is 12.8. The summed E-state index contributed by atoms with van der Waals surface area (Å²) in [6.45, 7) is 3.44. The molecule has 2 aromatic rings. The lowest BCUT2D eigenvalue weighted by molar-refractivity contribution is -0.130. The molecule has 1 aromatic heterocycles. The Morgan fingerprint density at radius 2 is 2.15 bits per heavy atom. The smallest absolute Gasteiger partial charge is 0.242 e. The van der Waals surface area contributed by atoms with Gasteiger partial charge in [0, 0.05) is 57.8 Å². The van der Waals surface area contributed by atoms with Gasteiger partial charge in [-0.05, 0) is 25.0 Å². The third kappa shape index (κ3) is 4.43. The van der Waals surface area contributed by atoms with Crippen molar-refractivity contribution >= 4 is 11.6 Å². The maximum Gasteiger partial charge on any atom is 0.242 e. The normalized spacial score (nSPS) is 17.3. The average Bonchev–Trinajstić information content (AvgIpc) is 3.15. The van der Waals surface area contributed by atoms with E-state index < -0.39 is 0 Å². The van der Waals surface area contributed by atoms with Crippen molar-refractivity contribution in [3.8, 4) is 0 Å². The van der Waals surface area contributed by atoms with E-state index in [1.54, 1.807) is 7.11 Å². The predicted molar refractivity (Wildman–Crippen MR) is 102 cm³/mol. The van der Waals surface area contributed by atoms with Crippen LogP contribution in [0.4, 0.5) is 5.69 Å². The van der Waals surface area contributed by atoms with Gasteiger partial charge in [0.15, 0.2) is 0 Å². The van der Waals surface area contributed by atoms with E-state index in [-0.39, 0.29) is 5.91 Å². The molecule has 1 aliphatic heterocycles. The minimum absolute atomic E-state index is 0.177. The van der Waals surface area contributed by atoms with Crippen LogP contribution in [-0.4, -0.2) is 60.8 Å². The van der Waals surface area contributed by atoms with Gasteiger partial charge in [-0.15, -0.1) is 0 Å². The first-order valence-corrected chi connectivity index (χ1v) is 9.23. The zero-order valence-electron chi connectivity index (χ0n) is 15.7. The Hall–Kier alpha value is -2.34. The van der Waals surface area contributed by atoms with Gasteiger partial charge in [-0.25, -0.2) is 4.98 Å². The molecule has 1 atom stereocenters. The second-order valence-corrected chi connectivity index (χ2v) is 6.84. The molecule has 0 aliphatic carbocycles. The summed E-state index contributed by atoms with van der Waals surface area (Å²) in [7, 11) is 3.67. The largest absolute Gasteiger partial charge is 0.383 e. The molecule has 6 heteroatoms. The van der Waals surface area contributed by atoms with Crippen molar-refractivity contribution in [2.75, 3.05) is 45.3 Å². The third-order valence-corrected chi connectivity index (χ3v) is 4.99. The van der Waals surface area contributed by atoms with Crippen LogP contribution in [0.3, 0.4) is 0 Å². The van der Waals surface area contributed by atoms with Crippen LogP contribution in [0.15, 0.2) is 42.7 Å². The molecule has 3 rings (SSSR count). The lowest BCUT2D eigenvalue weighted by Gasteiger charge is -2.34. The van der Waals surface area contributed by atoms with Crippen LogP contribution in [0.2, 0.25) is 0 Å². The molecule has 6 nitrogen and oxygen atoms in total. The molecular weight excluding hydrogens is 328 g/mol. The Morgan fingerprint density at radius 1 is 1.35 bits per heavy atom. The van der Waals surface area contributed by atoms with E-state index in [1.807, 2.05) is 59.6 Å². The number of ether oxygens (including phenoxy) is 1. The Bertz CT molecular complexity index is 701. The number of benzene rings is 1. The first-order valence-electron chi connectivity index (χ1n) is 9.23. The number of hydrogen-bond acceptors (Lipinski definition) is 4. The number of carbonyl (C=O) groups excluding carboxylic acids is 1. The number of methoxy groups -OCH3 is 1. The Kier molecular flexibility index (Phi) is 6.28. The lowest BCUT2D eigenvalue weighted by Crippen LogP contribution is -2.44. The number of nitrogens with zero attached hydrogens (tertiary/aromatic N) is 4. The quantitative estimate of drug-likeness (QED) is 0.764. The fraction of sp³-hybridized carbons (Fsp3) is 0.500. The van der Waals surface area contributed by atoms with Gasteiger partial charge < -0.3 is 19.1 Å². The van der Waals surface area contributed by atoms with Crippen LogP contribution < -0.4 is 4.90 Å². The number of amides is 1. The fourth-order valence-electron chi connectivity index (χ4n) is 3.55. The van der Waals surface area contributed by atoms with Crippen LogP contribution in [0, 0.1) is 0 Å². The van der Waals surface area contributed by atoms with Crippen molar-refractivity contribution in [2.24, 2.45) is 0 Å². The average molecular weight is 356 g/mol.